The number of ether oxygens (including phenoxy) is 1. The highest BCUT2D eigenvalue weighted by Crippen LogP contribution is 2.21. The van der Waals surface area contributed by atoms with Crippen molar-refractivity contribution in [3.8, 4) is 5.75 Å². The van der Waals surface area contributed by atoms with Gasteiger partial charge in [-0.25, -0.2) is 8.42 Å². The number of hydrogen-bond donors (Lipinski definition) is 2. The van der Waals surface area contributed by atoms with Crippen molar-refractivity contribution in [3.05, 3.63) is 48.2 Å². The van der Waals surface area contributed by atoms with E-state index in [4.69, 9.17) is 4.74 Å². The van der Waals surface area contributed by atoms with Gasteiger partial charge in [0, 0.05) is 31.0 Å². The Kier molecular flexibility index (Phi) is 5.78. The summed E-state index contributed by atoms with van der Waals surface area (Å²) in [6.07, 6.45) is 4.86. The standard InChI is InChI=1S/C18H20N4O5S/c1-2-19-16(23)12-27-14-6-3-5-13(11-14)20-18(24)15-7-4-8-22-9-10-28(25,26)21-17(15)22/h3-8,11H,2,9-10,12H2,1H3,(H,19,23)(H,20,24). The summed E-state index contributed by atoms with van der Waals surface area (Å²) in [5, 5.41) is 5.33. The number of hydrogen-bond acceptors (Lipinski definition) is 6. The second-order valence-corrected chi connectivity index (χ2v) is 7.79. The van der Waals surface area contributed by atoms with Gasteiger partial charge in [-0.3, -0.25) is 9.59 Å². The van der Waals surface area contributed by atoms with Crippen LogP contribution in [0.3, 0.4) is 0 Å². The normalized spacial score (nSPS) is 17.1. The van der Waals surface area contributed by atoms with Gasteiger partial charge < -0.3 is 20.3 Å². The Morgan fingerprint density at radius 3 is 2.93 bits per heavy atom. The predicted molar refractivity (Wildman–Crippen MR) is 104 cm³/mol. The molecule has 0 aromatic heterocycles. The minimum Gasteiger partial charge on any atom is -0.484 e. The van der Waals surface area contributed by atoms with Gasteiger partial charge in [-0.2, -0.15) is 0 Å². The van der Waals surface area contributed by atoms with E-state index in [0.717, 1.165) is 0 Å². The molecule has 148 valence electrons. The molecule has 0 bridgehead atoms. The Bertz CT molecular complexity index is 981. The monoisotopic (exact) mass is 404 g/mol. The molecule has 2 aliphatic rings. The van der Waals surface area contributed by atoms with Crippen LogP contribution in [0.25, 0.3) is 0 Å². The van der Waals surface area contributed by atoms with Gasteiger partial charge in [0.2, 0.25) is 0 Å². The largest absolute Gasteiger partial charge is 0.484 e. The summed E-state index contributed by atoms with van der Waals surface area (Å²) in [4.78, 5) is 25.8. The van der Waals surface area contributed by atoms with E-state index in [0.29, 0.717) is 18.0 Å². The highest BCUT2D eigenvalue weighted by Gasteiger charge is 2.29. The van der Waals surface area contributed by atoms with Crippen LogP contribution in [-0.4, -0.2) is 56.4 Å². The van der Waals surface area contributed by atoms with Crippen LogP contribution >= 0.6 is 0 Å². The summed E-state index contributed by atoms with van der Waals surface area (Å²) >= 11 is 0. The maximum Gasteiger partial charge on any atom is 0.259 e. The van der Waals surface area contributed by atoms with Crippen molar-refractivity contribution in [3.63, 3.8) is 0 Å². The second-order valence-electron chi connectivity index (χ2n) is 6.04. The van der Waals surface area contributed by atoms with Crippen molar-refractivity contribution in [1.82, 2.24) is 10.2 Å². The fraction of sp³-hybridized carbons (Fsp3) is 0.278. The summed E-state index contributed by atoms with van der Waals surface area (Å²) in [5.74, 6) is -0.310. The smallest absolute Gasteiger partial charge is 0.259 e. The molecule has 0 unspecified atom stereocenters. The van der Waals surface area contributed by atoms with Crippen LogP contribution in [0, 0.1) is 0 Å². The zero-order valence-electron chi connectivity index (χ0n) is 15.2. The molecular formula is C18H20N4O5S. The van der Waals surface area contributed by atoms with Crippen molar-refractivity contribution in [2.24, 2.45) is 4.40 Å². The Hall–Kier alpha value is -3.14. The molecule has 3 rings (SSSR count). The average Bonchev–Trinajstić information content (AvgIpc) is 2.66. The maximum absolute atomic E-state index is 12.7. The van der Waals surface area contributed by atoms with Gasteiger partial charge in [0.1, 0.15) is 5.75 Å². The first-order valence-corrected chi connectivity index (χ1v) is 10.3. The van der Waals surface area contributed by atoms with Gasteiger partial charge in [0.25, 0.3) is 21.8 Å². The Labute approximate surface area is 162 Å². The molecule has 0 saturated heterocycles. The third kappa shape index (κ3) is 4.77. The summed E-state index contributed by atoms with van der Waals surface area (Å²) in [6, 6.07) is 6.57. The molecule has 1 aromatic rings. The van der Waals surface area contributed by atoms with Crippen LogP contribution in [0.4, 0.5) is 5.69 Å². The van der Waals surface area contributed by atoms with Crippen molar-refractivity contribution >= 4 is 33.4 Å². The molecule has 0 spiro atoms. The minimum atomic E-state index is -3.59. The first-order chi connectivity index (χ1) is 13.4. The number of rotatable bonds is 6. The Balaban J connectivity index is 1.72. The van der Waals surface area contributed by atoms with Gasteiger partial charge in [0.05, 0.1) is 11.3 Å². The number of sulfonamides is 1. The van der Waals surface area contributed by atoms with Gasteiger partial charge in [-0.15, -0.1) is 4.40 Å². The molecule has 2 N–H and O–H groups in total. The van der Waals surface area contributed by atoms with E-state index < -0.39 is 15.9 Å². The number of carbonyl (C=O) groups is 2. The average molecular weight is 404 g/mol. The molecular weight excluding hydrogens is 384 g/mol. The van der Waals surface area contributed by atoms with Crippen LogP contribution in [-0.2, 0) is 19.6 Å². The van der Waals surface area contributed by atoms with Crippen LogP contribution in [0.1, 0.15) is 6.92 Å². The summed E-state index contributed by atoms with van der Waals surface area (Å²) in [6.45, 7) is 2.43. The first kappa shape index (κ1) is 19.6. The summed E-state index contributed by atoms with van der Waals surface area (Å²) in [7, 11) is -3.59. The Morgan fingerprint density at radius 2 is 2.14 bits per heavy atom. The number of nitrogens with zero attached hydrogens (tertiary/aromatic N) is 2. The van der Waals surface area contributed by atoms with Crippen molar-refractivity contribution < 1.29 is 22.7 Å². The van der Waals surface area contributed by atoms with Crippen molar-refractivity contribution in [2.45, 2.75) is 6.92 Å². The highest BCUT2D eigenvalue weighted by atomic mass is 32.2. The quantitative estimate of drug-likeness (QED) is 0.719. The van der Waals surface area contributed by atoms with E-state index in [1.54, 1.807) is 41.4 Å². The molecule has 2 aliphatic heterocycles. The SMILES string of the molecule is CCNC(=O)COc1cccc(NC(=O)C2=CC=CN3CCS(=O)(=O)N=C23)c1. The van der Waals surface area contributed by atoms with E-state index in [-0.39, 0.29) is 36.2 Å². The lowest BCUT2D eigenvalue weighted by molar-refractivity contribution is -0.123. The van der Waals surface area contributed by atoms with E-state index in [2.05, 4.69) is 15.0 Å². The van der Waals surface area contributed by atoms with Gasteiger partial charge >= 0.3 is 0 Å². The van der Waals surface area contributed by atoms with Gasteiger partial charge in [-0.1, -0.05) is 6.07 Å². The van der Waals surface area contributed by atoms with Crippen LogP contribution in [0.5, 0.6) is 5.75 Å². The lowest BCUT2D eigenvalue weighted by Gasteiger charge is -2.28. The summed E-state index contributed by atoms with van der Waals surface area (Å²) in [5.41, 5.74) is 0.596. The number of likely N-dealkylation sites (N-methyl/N-ethyl adjacent to an activating group) is 1. The molecule has 0 radical (unpaired) electrons. The number of nitrogens with one attached hydrogen (secondary N) is 2. The minimum absolute atomic E-state index is 0.0965. The van der Waals surface area contributed by atoms with Crippen LogP contribution < -0.4 is 15.4 Å². The highest BCUT2D eigenvalue weighted by molar-refractivity contribution is 7.90. The molecule has 0 aliphatic carbocycles. The molecule has 0 saturated carbocycles. The van der Waals surface area contributed by atoms with Crippen molar-refractivity contribution in [2.75, 3.05) is 30.8 Å². The molecule has 10 heteroatoms. The lowest BCUT2D eigenvalue weighted by atomic mass is 10.1. The third-order valence-electron chi connectivity index (χ3n) is 3.94. The number of amidine groups is 1. The number of benzene rings is 1. The number of fused-ring (bicyclic) bond motifs is 1. The maximum atomic E-state index is 12.7. The molecule has 1 aromatic carbocycles. The van der Waals surface area contributed by atoms with E-state index in [1.807, 2.05) is 6.92 Å². The number of anilines is 1. The lowest BCUT2D eigenvalue weighted by Crippen LogP contribution is -2.40. The molecule has 2 heterocycles. The summed E-state index contributed by atoms with van der Waals surface area (Å²) < 4.78 is 32.7. The van der Waals surface area contributed by atoms with E-state index in [1.165, 1.54) is 6.08 Å². The number of amides is 2. The topological polar surface area (TPSA) is 117 Å². The number of carbonyl (C=O) groups excluding carboxylic acids is 2. The van der Waals surface area contributed by atoms with E-state index >= 15 is 0 Å². The molecule has 0 atom stereocenters. The zero-order valence-corrected chi connectivity index (χ0v) is 16.0. The Morgan fingerprint density at radius 1 is 1.32 bits per heavy atom. The van der Waals surface area contributed by atoms with Crippen LogP contribution in [0.2, 0.25) is 0 Å². The number of allylic oxidation sites excluding steroid dienone is 2. The molecule has 28 heavy (non-hydrogen) atoms. The zero-order chi connectivity index (χ0) is 20.1. The van der Waals surface area contributed by atoms with E-state index in [9.17, 15) is 18.0 Å². The molecule has 2 amide bonds. The van der Waals surface area contributed by atoms with Gasteiger partial charge in [-0.05, 0) is 31.2 Å². The van der Waals surface area contributed by atoms with Crippen molar-refractivity contribution in [1.29, 1.82) is 0 Å². The molecule has 9 nitrogen and oxygen atoms in total. The fourth-order valence-electron chi connectivity index (χ4n) is 2.65. The second kappa shape index (κ2) is 8.26. The predicted octanol–water partition coefficient (Wildman–Crippen LogP) is 0.638. The van der Waals surface area contributed by atoms with Gasteiger partial charge in [0.15, 0.2) is 12.4 Å². The van der Waals surface area contributed by atoms with Crippen LogP contribution in [0.15, 0.2) is 52.6 Å². The third-order valence-corrected chi connectivity index (χ3v) is 5.09. The first-order valence-electron chi connectivity index (χ1n) is 8.67. The fourth-order valence-corrected chi connectivity index (χ4v) is 3.64. The molecule has 0 fully saturated rings.